The van der Waals surface area contributed by atoms with Crippen LogP contribution in [0, 0.1) is 17.2 Å². The van der Waals surface area contributed by atoms with Gasteiger partial charge >= 0.3 is 0 Å². The number of ether oxygens (including phenoxy) is 1. The van der Waals surface area contributed by atoms with Gasteiger partial charge in [0, 0.05) is 37.6 Å². The Kier molecular flexibility index (Phi) is 5.03. The number of carbonyl (C=O) groups excluding carboxylic acids is 1. The van der Waals surface area contributed by atoms with E-state index in [9.17, 15) is 4.79 Å². The van der Waals surface area contributed by atoms with Crippen LogP contribution < -0.4 is 0 Å². The molecule has 5 rings (SSSR count). The molecule has 3 fully saturated rings. The number of hydrogen-bond acceptors (Lipinski definition) is 6. The molecule has 1 amide bonds. The van der Waals surface area contributed by atoms with Gasteiger partial charge in [-0.15, -0.1) is 0 Å². The highest BCUT2D eigenvalue weighted by Crippen LogP contribution is 2.40. The fraction of sp³-hybridized carbons (Fsp3) is 0.565. The van der Waals surface area contributed by atoms with Crippen molar-refractivity contribution in [1.29, 1.82) is 5.26 Å². The van der Waals surface area contributed by atoms with E-state index >= 15 is 0 Å². The first-order valence-electron chi connectivity index (χ1n) is 10.9. The summed E-state index contributed by atoms with van der Waals surface area (Å²) in [6.45, 7) is 2.13. The van der Waals surface area contributed by atoms with Gasteiger partial charge < -0.3 is 14.2 Å². The third-order valence-electron chi connectivity index (χ3n) is 6.71. The van der Waals surface area contributed by atoms with Crippen molar-refractivity contribution in [2.75, 3.05) is 19.7 Å². The number of nitrogens with zero attached hydrogens (tertiary/aromatic N) is 4. The first-order chi connectivity index (χ1) is 14.6. The summed E-state index contributed by atoms with van der Waals surface area (Å²) in [6.07, 6.45) is 6.86. The van der Waals surface area contributed by atoms with Gasteiger partial charge in [-0.25, -0.2) is 0 Å². The van der Waals surface area contributed by atoms with E-state index in [1.54, 1.807) is 24.3 Å². The summed E-state index contributed by atoms with van der Waals surface area (Å²) in [5.41, 5.74) is 1.05. The second-order valence-corrected chi connectivity index (χ2v) is 8.90. The predicted molar refractivity (Wildman–Crippen MR) is 108 cm³/mol. The van der Waals surface area contributed by atoms with E-state index in [4.69, 9.17) is 14.5 Å². The Morgan fingerprint density at radius 3 is 2.67 bits per heavy atom. The van der Waals surface area contributed by atoms with Crippen molar-refractivity contribution < 1.29 is 14.1 Å². The molecule has 1 aromatic carbocycles. The zero-order valence-electron chi connectivity index (χ0n) is 17.0. The van der Waals surface area contributed by atoms with Gasteiger partial charge in [-0.3, -0.25) is 4.79 Å². The Balaban J connectivity index is 1.18. The molecule has 2 saturated heterocycles. The summed E-state index contributed by atoms with van der Waals surface area (Å²) in [5, 5.41) is 13.1. The Morgan fingerprint density at radius 2 is 1.97 bits per heavy atom. The highest BCUT2D eigenvalue weighted by Gasteiger charge is 2.41. The van der Waals surface area contributed by atoms with Crippen molar-refractivity contribution in [3.05, 3.63) is 47.1 Å². The van der Waals surface area contributed by atoms with Crippen LogP contribution in [0.5, 0.6) is 0 Å². The number of amides is 1. The standard InChI is InChI=1S/C23H26N4O3/c24-15-16-1-3-19(4-2-16)22(28)27-10-8-23(9-11-27)14-17(7-12-29-23)13-20-25-21(26-30-20)18-5-6-18/h1-4,17-18H,5-14H2. The molecule has 1 aliphatic carbocycles. The number of piperidine rings is 1. The lowest BCUT2D eigenvalue weighted by Gasteiger charge is -2.46. The third kappa shape index (κ3) is 3.97. The summed E-state index contributed by atoms with van der Waals surface area (Å²) in [6, 6.07) is 8.94. The van der Waals surface area contributed by atoms with E-state index in [2.05, 4.69) is 16.2 Å². The Hall–Kier alpha value is -2.72. The molecule has 156 valence electrons. The van der Waals surface area contributed by atoms with Crippen molar-refractivity contribution in [2.45, 2.75) is 56.5 Å². The van der Waals surface area contributed by atoms with Crippen LogP contribution in [0.1, 0.15) is 72.1 Å². The molecule has 30 heavy (non-hydrogen) atoms. The summed E-state index contributed by atoms with van der Waals surface area (Å²) in [4.78, 5) is 19.3. The van der Waals surface area contributed by atoms with Crippen LogP contribution in [0.3, 0.4) is 0 Å². The smallest absolute Gasteiger partial charge is 0.253 e. The molecule has 1 aromatic heterocycles. The van der Waals surface area contributed by atoms with Crippen LogP contribution in [-0.4, -0.2) is 46.2 Å². The van der Waals surface area contributed by atoms with Gasteiger partial charge in [-0.05, 0) is 68.7 Å². The van der Waals surface area contributed by atoms with Crippen molar-refractivity contribution in [1.82, 2.24) is 15.0 Å². The third-order valence-corrected chi connectivity index (χ3v) is 6.71. The minimum Gasteiger partial charge on any atom is -0.375 e. The molecule has 1 spiro atoms. The van der Waals surface area contributed by atoms with Gasteiger partial charge in [0.05, 0.1) is 17.2 Å². The molecule has 7 nitrogen and oxygen atoms in total. The number of likely N-dealkylation sites (tertiary alicyclic amines) is 1. The van der Waals surface area contributed by atoms with Gasteiger partial charge in [0.25, 0.3) is 5.91 Å². The molecule has 1 atom stereocenters. The number of rotatable bonds is 4. The minimum absolute atomic E-state index is 0.0279. The molecule has 0 bridgehead atoms. The summed E-state index contributed by atoms with van der Waals surface area (Å²) < 4.78 is 11.7. The van der Waals surface area contributed by atoms with E-state index in [-0.39, 0.29) is 11.5 Å². The average Bonchev–Trinajstić information content (AvgIpc) is 3.53. The highest BCUT2D eigenvalue weighted by atomic mass is 16.5. The molecule has 3 heterocycles. The maximum Gasteiger partial charge on any atom is 0.253 e. The zero-order valence-corrected chi connectivity index (χ0v) is 17.0. The summed E-state index contributed by atoms with van der Waals surface area (Å²) in [5.74, 6) is 2.66. The molecule has 1 saturated carbocycles. The van der Waals surface area contributed by atoms with E-state index in [1.807, 2.05) is 4.90 Å². The maximum absolute atomic E-state index is 12.8. The van der Waals surface area contributed by atoms with Gasteiger partial charge in [-0.2, -0.15) is 10.2 Å². The first-order valence-corrected chi connectivity index (χ1v) is 10.9. The molecular weight excluding hydrogens is 380 g/mol. The zero-order chi connectivity index (χ0) is 20.6. The topological polar surface area (TPSA) is 92.2 Å². The van der Waals surface area contributed by atoms with Crippen LogP contribution in [0.25, 0.3) is 0 Å². The lowest BCUT2D eigenvalue weighted by Crippen LogP contribution is -2.51. The molecular formula is C23H26N4O3. The fourth-order valence-electron chi connectivity index (χ4n) is 4.74. The van der Waals surface area contributed by atoms with Crippen molar-refractivity contribution in [3.8, 4) is 6.07 Å². The second kappa shape index (κ2) is 7.84. The van der Waals surface area contributed by atoms with Gasteiger partial charge in [0.1, 0.15) is 0 Å². The monoisotopic (exact) mass is 406 g/mol. The van der Waals surface area contributed by atoms with Crippen LogP contribution in [0.2, 0.25) is 0 Å². The van der Waals surface area contributed by atoms with E-state index in [0.717, 1.165) is 50.4 Å². The molecule has 1 unspecified atom stereocenters. The number of hydrogen-bond donors (Lipinski definition) is 0. The van der Waals surface area contributed by atoms with Crippen LogP contribution in [0.4, 0.5) is 0 Å². The number of benzene rings is 1. The van der Waals surface area contributed by atoms with E-state index in [0.29, 0.717) is 36.1 Å². The molecule has 0 N–H and O–H groups in total. The van der Waals surface area contributed by atoms with Gasteiger partial charge in [0.15, 0.2) is 5.82 Å². The van der Waals surface area contributed by atoms with Crippen LogP contribution in [0.15, 0.2) is 28.8 Å². The lowest BCUT2D eigenvalue weighted by molar-refractivity contribution is -0.124. The molecule has 3 aliphatic rings. The average molecular weight is 406 g/mol. The van der Waals surface area contributed by atoms with Crippen molar-refractivity contribution >= 4 is 5.91 Å². The normalized spacial score (nSPS) is 23.3. The predicted octanol–water partition coefficient (Wildman–Crippen LogP) is 3.46. The number of aromatic nitrogens is 2. The van der Waals surface area contributed by atoms with Crippen LogP contribution >= 0.6 is 0 Å². The summed E-state index contributed by atoms with van der Waals surface area (Å²) >= 11 is 0. The van der Waals surface area contributed by atoms with Crippen molar-refractivity contribution in [3.63, 3.8) is 0 Å². The van der Waals surface area contributed by atoms with Crippen molar-refractivity contribution in [2.24, 2.45) is 5.92 Å². The Bertz CT molecular complexity index is 950. The first kappa shape index (κ1) is 19.3. The number of carbonyl (C=O) groups is 1. The van der Waals surface area contributed by atoms with Crippen LogP contribution in [-0.2, 0) is 11.2 Å². The van der Waals surface area contributed by atoms with Gasteiger partial charge in [0.2, 0.25) is 5.89 Å². The minimum atomic E-state index is -0.149. The highest BCUT2D eigenvalue weighted by molar-refractivity contribution is 5.94. The Labute approximate surface area is 176 Å². The summed E-state index contributed by atoms with van der Waals surface area (Å²) in [7, 11) is 0. The molecule has 2 aromatic rings. The quantitative estimate of drug-likeness (QED) is 0.772. The van der Waals surface area contributed by atoms with Gasteiger partial charge in [-0.1, -0.05) is 5.16 Å². The molecule has 7 heteroatoms. The van der Waals surface area contributed by atoms with E-state index < -0.39 is 0 Å². The SMILES string of the molecule is N#Cc1ccc(C(=O)N2CCC3(CC2)CC(Cc2nc(C4CC4)no2)CCO3)cc1. The maximum atomic E-state index is 12.8. The molecule has 2 aliphatic heterocycles. The second-order valence-electron chi connectivity index (χ2n) is 8.90. The van der Waals surface area contributed by atoms with E-state index in [1.165, 1.54) is 12.8 Å². The Morgan fingerprint density at radius 1 is 1.20 bits per heavy atom. The fourth-order valence-corrected chi connectivity index (χ4v) is 4.74. The molecule has 0 radical (unpaired) electrons. The largest absolute Gasteiger partial charge is 0.375 e. The number of nitriles is 1. The lowest BCUT2D eigenvalue weighted by atomic mass is 9.78.